The van der Waals surface area contributed by atoms with Gasteiger partial charge in [0.05, 0.1) is 23.3 Å². The molecule has 1 atom stereocenters. The SMILES string of the molecule is Oc1ccc(C2CC(c3ccc(Oc4ccccc4Cl)cc3)=NN2Cc2ccccc2)c(O)c1O. The number of ether oxygens (including phenoxy) is 1. The van der Waals surface area contributed by atoms with Gasteiger partial charge in [0.1, 0.15) is 11.5 Å². The number of phenolic OH excluding ortho intramolecular Hbond substituents is 3. The smallest absolute Gasteiger partial charge is 0.200 e. The van der Waals surface area contributed by atoms with Crippen LogP contribution in [0.5, 0.6) is 28.7 Å². The van der Waals surface area contributed by atoms with E-state index in [1.807, 2.05) is 77.8 Å². The second kappa shape index (κ2) is 9.60. The molecule has 176 valence electrons. The molecule has 0 aromatic heterocycles. The van der Waals surface area contributed by atoms with E-state index in [1.54, 1.807) is 12.1 Å². The van der Waals surface area contributed by atoms with E-state index >= 15 is 0 Å². The lowest BCUT2D eigenvalue weighted by atomic mass is 9.97. The molecule has 0 aliphatic carbocycles. The van der Waals surface area contributed by atoms with Crippen molar-refractivity contribution < 1.29 is 20.1 Å². The summed E-state index contributed by atoms with van der Waals surface area (Å²) in [7, 11) is 0. The lowest BCUT2D eigenvalue weighted by Gasteiger charge is -2.25. The summed E-state index contributed by atoms with van der Waals surface area (Å²) in [6.07, 6.45) is 0.509. The van der Waals surface area contributed by atoms with Crippen molar-refractivity contribution in [3.63, 3.8) is 0 Å². The molecule has 1 unspecified atom stereocenters. The van der Waals surface area contributed by atoms with Crippen LogP contribution >= 0.6 is 11.6 Å². The summed E-state index contributed by atoms with van der Waals surface area (Å²) < 4.78 is 5.89. The summed E-state index contributed by atoms with van der Waals surface area (Å²) in [5.41, 5.74) is 3.31. The number of aromatic hydroxyl groups is 3. The summed E-state index contributed by atoms with van der Waals surface area (Å²) in [4.78, 5) is 0. The highest BCUT2D eigenvalue weighted by Gasteiger charge is 2.32. The van der Waals surface area contributed by atoms with Gasteiger partial charge in [0.2, 0.25) is 5.75 Å². The highest BCUT2D eigenvalue weighted by Crippen LogP contribution is 2.45. The molecule has 0 saturated heterocycles. The lowest BCUT2D eigenvalue weighted by molar-refractivity contribution is 0.219. The van der Waals surface area contributed by atoms with Gasteiger partial charge in [-0.15, -0.1) is 0 Å². The Balaban J connectivity index is 1.43. The molecule has 0 amide bonds. The maximum atomic E-state index is 10.6. The normalized spacial score (nSPS) is 15.2. The Morgan fingerprint density at radius 1 is 0.829 bits per heavy atom. The lowest BCUT2D eigenvalue weighted by Crippen LogP contribution is -2.19. The Morgan fingerprint density at radius 2 is 1.54 bits per heavy atom. The van der Waals surface area contributed by atoms with Crippen LogP contribution in [0.25, 0.3) is 0 Å². The van der Waals surface area contributed by atoms with Crippen LogP contribution in [0.1, 0.15) is 29.2 Å². The van der Waals surface area contributed by atoms with E-state index in [4.69, 9.17) is 21.4 Å². The van der Waals surface area contributed by atoms with Crippen molar-refractivity contribution in [3.8, 4) is 28.7 Å². The molecule has 3 N–H and O–H groups in total. The first-order chi connectivity index (χ1) is 17.0. The Labute approximate surface area is 207 Å². The van der Waals surface area contributed by atoms with Crippen molar-refractivity contribution in [2.45, 2.75) is 19.0 Å². The molecular weight excluding hydrogens is 464 g/mol. The molecule has 1 aliphatic rings. The molecule has 0 radical (unpaired) electrons. The van der Waals surface area contributed by atoms with Crippen LogP contribution in [0.3, 0.4) is 0 Å². The van der Waals surface area contributed by atoms with Crippen LogP contribution in [0.2, 0.25) is 5.02 Å². The van der Waals surface area contributed by atoms with Crippen molar-refractivity contribution in [1.82, 2.24) is 5.01 Å². The summed E-state index contributed by atoms with van der Waals surface area (Å²) in [6.45, 7) is 0.518. The van der Waals surface area contributed by atoms with Gasteiger partial charge < -0.3 is 20.1 Å². The fourth-order valence-electron chi connectivity index (χ4n) is 4.14. The monoisotopic (exact) mass is 486 g/mol. The first-order valence-electron chi connectivity index (χ1n) is 11.1. The molecule has 35 heavy (non-hydrogen) atoms. The fraction of sp³-hybridized carbons (Fsp3) is 0.107. The molecule has 6 nitrogen and oxygen atoms in total. The van der Waals surface area contributed by atoms with Gasteiger partial charge in [-0.1, -0.05) is 54.1 Å². The van der Waals surface area contributed by atoms with Crippen LogP contribution < -0.4 is 4.74 Å². The number of nitrogens with zero attached hydrogens (tertiary/aromatic N) is 2. The number of hydrazone groups is 1. The van der Waals surface area contributed by atoms with Crippen LogP contribution in [0.15, 0.2) is 96.1 Å². The fourth-order valence-corrected chi connectivity index (χ4v) is 4.31. The van der Waals surface area contributed by atoms with Crippen molar-refractivity contribution >= 4 is 17.3 Å². The molecule has 0 fully saturated rings. The first kappa shape index (κ1) is 22.6. The third-order valence-electron chi connectivity index (χ3n) is 5.96. The van der Waals surface area contributed by atoms with Crippen molar-refractivity contribution in [1.29, 1.82) is 0 Å². The Kier molecular flexibility index (Phi) is 6.21. The third-order valence-corrected chi connectivity index (χ3v) is 6.27. The van der Waals surface area contributed by atoms with Gasteiger partial charge in [-0.25, -0.2) is 0 Å². The molecule has 0 spiro atoms. The van der Waals surface area contributed by atoms with E-state index in [9.17, 15) is 15.3 Å². The number of hydrogen-bond acceptors (Lipinski definition) is 6. The summed E-state index contributed by atoms with van der Waals surface area (Å²) in [5.74, 6) is -0.00475. The van der Waals surface area contributed by atoms with Gasteiger partial charge in [0, 0.05) is 12.0 Å². The first-order valence-corrected chi connectivity index (χ1v) is 11.5. The maximum absolute atomic E-state index is 10.6. The number of phenols is 3. The maximum Gasteiger partial charge on any atom is 0.200 e. The van der Waals surface area contributed by atoms with Crippen molar-refractivity contribution in [3.05, 3.63) is 113 Å². The van der Waals surface area contributed by atoms with Crippen molar-refractivity contribution in [2.24, 2.45) is 5.10 Å². The zero-order chi connectivity index (χ0) is 24.4. The van der Waals surface area contributed by atoms with Gasteiger partial charge in [-0.2, -0.15) is 5.10 Å². The van der Waals surface area contributed by atoms with Gasteiger partial charge in [0.15, 0.2) is 11.5 Å². The second-order valence-electron chi connectivity index (χ2n) is 8.28. The minimum atomic E-state index is -0.531. The average molecular weight is 487 g/mol. The van der Waals surface area contributed by atoms with Crippen LogP contribution in [-0.4, -0.2) is 26.0 Å². The zero-order valence-electron chi connectivity index (χ0n) is 18.7. The van der Waals surface area contributed by atoms with Gasteiger partial charge in [0.25, 0.3) is 0 Å². The van der Waals surface area contributed by atoms with Gasteiger partial charge in [-0.3, -0.25) is 5.01 Å². The van der Waals surface area contributed by atoms with E-state index in [-0.39, 0.29) is 17.5 Å². The predicted molar refractivity (Wildman–Crippen MR) is 135 cm³/mol. The minimum Gasteiger partial charge on any atom is -0.504 e. The molecule has 1 heterocycles. The molecule has 0 bridgehead atoms. The van der Waals surface area contributed by atoms with E-state index in [2.05, 4.69) is 0 Å². The van der Waals surface area contributed by atoms with E-state index in [1.165, 1.54) is 6.07 Å². The second-order valence-corrected chi connectivity index (χ2v) is 8.68. The predicted octanol–water partition coefficient (Wildman–Crippen LogP) is 6.60. The quantitative estimate of drug-likeness (QED) is 0.267. The summed E-state index contributed by atoms with van der Waals surface area (Å²) in [5, 5.41) is 37.7. The number of rotatable bonds is 6. The average Bonchev–Trinajstić information content (AvgIpc) is 3.28. The highest BCUT2D eigenvalue weighted by atomic mass is 35.5. The highest BCUT2D eigenvalue weighted by molar-refractivity contribution is 6.32. The standard InChI is InChI=1S/C28H23ClN2O4/c29-22-8-4-5-9-26(22)35-20-12-10-19(11-13-20)23-16-24(21-14-15-25(32)28(34)27(21)33)31(30-23)17-18-6-2-1-3-7-18/h1-15,24,32-34H,16-17H2. The van der Waals surface area contributed by atoms with Crippen molar-refractivity contribution in [2.75, 3.05) is 0 Å². The Bertz CT molecular complexity index is 1370. The molecule has 0 saturated carbocycles. The van der Waals surface area contributed by atoms with E-state index in [0.717, 1.165) is 16.8 Å². The molecule has 7 heteroatoms. The minimum absolute atomic E-state index is 0.323. The van der Waals surface area contributed by atoms with E-state index in [0.29, 0.717) is 35.1 Å². The Morgan fingerprint density at radius 3 is 2.29 bits per heavy atom. The van der Waals surface area contributed by atoms with E-state index < -0.39 is 5.75 Å². The summed E-state index contributed by atoms with van der Waals surface area (Å²) in [6, 6.07) is 27.5. The largest absolute Gasteiger partial charge is 0.504 e. The number of benzene rings is 4. The number of halogens is 1. The van der Waals surface area contributed by atoms with Crippen LogP contribution in [-0.2, 0) is 6.54 Å². The molecule has 4 aromatic carbocycles. The van der Waals surface area contributed by atoms with Gasteiger partial charge in [-0.05, 0) is 59.7 Å². The summed E-state index contributed by atoms with van der Waals surface area (Å²) >= 11 is 6.20. The van der Waals surface area contributed by atoms with Crippen LogP contribution in [0, 0.1) is 0 Å². The molecular formula is C28H23ClN2O4. The van der Waals surface area contributed by atoms with Crippen LogP contribution in [0.4, 0.5) is 0 Å². The molecule has 1 aliphatic heterocycles. The number of para-hydroxylation sites is 1. The molecule has 5 rings (SSSR count). The van der Waals surface area contributed by atoms with Gasteiger partial charge >= 0.3 is 0 Å². The topological polar surface area (TPSA) is 85.5 Å². The number of hydrogen-bond donors (Lipinski definition) is 3. The third kappa shape index (κ3) is 4.74. The molecule has 4 aromatic rings. The Hall–Kier alpha value is -4.16. The zero-order valence-corrected chi connectivity index (χ0v) is 19.4.